The van der Waals surface area contributed by atoms with E-state index in [0.29, 0.717) is 15.8 Å². The fraction of sp³-hybridized carbons (Fsp3) is 0.0833. The monoisotopic (exact) mass is 342 g/mol. The SMILES string of the molecule is Cc1ccc(Br)cc1C(=O)c1occc1Br. The van der Waals surface area contributed by atoms with Crippen molar-refractivity contribution in [3.05, 3.63) is 56.4 Å². The van der Waals surface area contributed by atoms with Crippen LogP contribution in [0.15, 0.2) is 43.9 Å². The topological polar surface area (TPSA) is 30.2 Å². The number of halogens is 2. The molecule has 1 aromatic heterocycles. The van der Waals surface area contributed by atoms with Crippen molar-refractivity contribution in [3.63, 3.8) is 0 Å². The van der Waals surface area contributed by atoms with Gasteiger partial charge in [0, 0.05) is 10.0 Å². The zero-order valence-electron chi connectivity index (χ0n) is 8.46. The molecule has 0 unspecified atom stereocenters. The smallest absolute Gasteiger partial charge is 0.229 e. The lowest BCUT2D eigenvalue weighted by Crippen LogP contribution is -2.03. The lowest BCUT2D eigenvalue weighted by Gasteiger charge is -2.03. The Kier molecular flexibility index (Phi) is 3.30. The third kappa shape index (κ3) is 2.13. The summed E-state index contributed by atoms with van der Waals surface area (Å²) in [7, 11) is 0. The van der Waals surface area contributed by atoms with Crippen LogP contribution in [-0.2, 0) is 0 Å². The van der Waals surface area contributed by atoms with Crippen molar-refractivity contribution in [2.24, 2.45) is 0 Å². The molecule has 0 amide bonds. The van der Waals surface area contributed by atoms with Gasteiger partial charge in [-0.05, 0) is 46.6 Å². The van der Waals surface area contributed by atoms with Crippen molar-refractivity contribution < 1.29 is 9.21 Å². The molecule has 0 fully saturated rings. The zero-order valence-corrected chi connectivity index (χ0v) is 11.6. The van der Waals surface area contributed by atoms with Gasteiger partial charge in [0.25, 0.3) is 0 Å². The van der Waals surface area contributed by atoms with Crippen LogP contribution in [0, 0.1) is 6.92 Å². The molecule has 2 nitrogen and oxygen atoms in total. The minimum Gasteiger partial charge on any atom is -0.460 e. The third-order valence-electron chi connectivity index (χ3n) is 2.27. The first-order valence-electron chi connectivity index (χ1n) is 4.63. The van der Waals surface area contributed by atoms with Gasteiger partial charge in [-0.2, -0.15) is 0 Å². The summed E-state index contributed by atoms with van der Waals surface area (Å²) in [4.78, 5) is 12.2. The summed E-state index contributed by atoms with van der Waals surface area (Å²) in [6.07, 6.45) is 1.49. The molecule has 0 saturated carbocycles. The molecular weight excluding hydrogens is 336 g/mol. The van der Waals surface area contributed by atoms with Crippen molar-refractivity contribution in [1.82, 2.24) is 0 Å². The van der Waals surface area contributed by atoms with Gasteiger partial charge in [0.2, 0.25) is 5.78 Å². The number of hydrogen-bond donors (Lipinski definition) is 0. The van der Waals surface area contributed by atoms with Gasteiger partial charge in [-0.25, -0.2) is 0 Å². The second-order valence-corrected chi connectivity index (χ2v) is 5.16. The van der Waals surface area contributed by atoms with E-state index in [4.69, 9.17) is 4.42 Å². The summed E-state index contributed by atoms with van der Waals surface area (Å²) < 4.78 is 6.72. The zero-order chi connectivity index (χ0) is 11.7. The minimum atomic E-state index is -0.115. The molecule has 1 aromatic carbocycles. The molecular formula is C12H8Br2O2. The maximum atomic E-state index is 12.2. The molecule has 82 valence electrons. The van der Waals surface area contributed by atoms with E-state index in [1.807, 2.05) is 19.1 Å². The predicted molar refractivity (Wildman–Crippen MR) is 68.7 cm³/mol. The molecule has 1 heterocycles. The number of aryl methyl sites for hydroxylation is 1. The number of rotatable bonds is 2. The average Bonchev–Trinajstić information content (AvgIpc) is 2.67. The van der Waals surface area contributed by atoms with Crippen LogP contribution >= 0.6 is 31.9 Å². The van der Waals surface area contributed by atoms with Gasteiger partial charge in [-0.3, -0.25) is 4.79 Å². The Balaban J connectivity index is 2.49. The Labute approximate surface area is 110 Å². The van der Waals surface area contributed by atoms with Gasteiger partial charge in [0.05, 0.1) is 10.7 Å². The van der Waals surface area contributed by atoms with Gasteiger partial charge in [-0.1, -0.05) is 22.0 Å². The van der Waals surface area contributed by atoms with E-state index in [1.165, 1.54) is 6.26 Å². The van der Waals surface area contributed by atoms with E-state index in [9.17, 15) is 4.79 Å². The first-order valence-corrected chi connectivity index (χ1v) is 6.22. The van der Waals surface area contributed by atoms with Gasteiger partial charge in [-0.15, -0.1) is 0 Å². The van der Waals surface area contributed by atoms with E-state index in [2.05, 4.69) is 31.9 Å². The largest absolute Gasteiger partial charge is 0.460 e. The number of ketones is 1. The third-order valence-corrected chi connectivity index (χ3v) is 3.39. The lowest BCUT2D eigenvalue weighted by molar-refractivity contribution is 0.101. The Morgan fingerprint density at radius 1 is 1.25 bits per heavy atom. The van der Waals surface area contributed by atoms with Crippen LogP contribution in [-0.4, -0.2) is 5.78 Å². The quantitative estimate of drug-likeness (QED) is 0.759. The minimum absolute atomic E-state index is 0.115. The van der Waals surface area contributed by atoms with E-state index in [0.717, 1.165) is 10.0 Å². The molecule has 0 bridgehead atoms. The second kappa shape index (κ2) is 4.55. The molecule has 0 N–H and O–H groups in total. The lowest BCUT2D eigenvalue weighted by atomic mass is 10.0. The number of furan rings is 1. The second-order valence-electron chi connectivity index (χ2n) is 3.39. The van der Waals surface area contributed by atoms with E-state index in [-0.39, 0.29) is 5.78 Å². The summed E-state index contributed by atoms with van der Waals surface area (Å²) in [6.45, 7) is 1.90. The molecule has 2 aromatic rings. The highest BCUT2D eigenvalue weighted by Crippen LogP contribution is 2.24. The van der Waals surface area contributed by atoms with Crippen molar-refractivity contribution in [1.29, 1.82) is 0 Å². The predicted octanol–water partition coefficient (Wildman–Crippen LogP) is 4.34. The summed E-state index contributed by atoms with van der Waals surface area (Å²) >= 11 is 6.63. The molecule has 0 spiro atoms. The summed E-state index contributed by atoms with van der Waals surface area (Å²) in [6, 6.07) is 7.31. The fourth-order valence-electron chi connectivity index (χ4n) is 1.42. The van der Waals surface area contributed by atoms with Gasteiger partial charge >= 0.3 is 0 Å². The van der Waals surface area contributed by atoms with Gasteiger partial charge in [0.1, 0.15) is 0 Å². The number of hydrogen-bond acceptors (Lipinski definition) is 2. The maximum Gasteiger partial charge on any atom is 0.229 e. The van der Waals surface area contributed by atoms with E-state index >= 15 is 0 Å². The van der Waals surface area contributed by atoms with Crippen molar-refractivity contribution >= 4 is 37.6 Å². The summed E-state index contributed by atoms with van der Waals surface area (Å²) in [5.74, 6) is 0.219. The average molecular weight is 344 g/mol. The number of carbonyl (C=O) groups excluding carboxylic acids is 1. The number of carbonyl (C=O) groups is 1. The Hall–Kier alpha value is -0.870. The molecule has 0 aliphatic carbocycles. The highest BCUT2D eigenvalue weighted by atomic mass is 79.9. The molecule has 0 saturated heterocycles. The van der Waals surface area contributed by atoms with E-state index in [1.54, 1.807) is 12.1 Å². The maximum absolute atomic E-state index is 12.2. The van der Waals surface area contributed by atoms with Crippen LogP contribution in [0.1, 0.15) is 21.7 Å². The van der Waals surface area contributed by atoms with E-state index < -0.39 is 0 Å². The molecule has 0 aliphatic heterocycles. The molecule has 2 rings (SSSR count). The highest BCUT2D eigenvalue weighted by molar-refractivity contribution is 9.10. The van der Waals surface area contributed by atoms with Gasteiger partial charge in [0.15, 0.2) is 5.76 Å². The van der Waals surface area contributed by atoms with Crippen molar-refractivity contribution in [3.8, 4) is 0 Å². The first kappa shape index (κ1) is 11.6. The molecule has 0 radical (unpaired) electrons. The van der Waals surface area contributed by atoms with Crippen molar-refractivity contribution in [2.45, 2.75) is 6.92 Å². The first-order chi connectivity index (χ1) is 7.59. The molecule has 4 heteroatoms. The standard InChI is InChI=1S/C12H8Br2O2/c1-7-2-3-8(13)6-9(7)11(15)12-10(14)4-5-16-12/h2-6H,1H3. The molecule has 16 heavy (non-hydrogen) atoms. The number of benzene rings is 1. The van der Waals surface area contributed by atoms with Crippen LogP contribution < -0.4 is 0 Å². The van der Waals surface area contributed by atoms with Crippen LogP contribution in [0.25, 0.3) is 0 Å². The van der Waals surface area contributed by atoms with Gasteiger partial charge < -0.3 is 4.42 Å². The van der Waals surface area contributed by atoms with Crippen LogP contribution in [0.4, 0.5) is 0 Å². The molecule has 0 aliphatic rings. The molecule has 0 atom stereocenters. The summed E-state index contributed by atoms with van der Waals surface area (Å²) in [5, 5.41) is 0. The summed E-state index contributed by atoms with van der Waals surface area (Å²) in [5.41, 5.74) is 1.57. The van der Waals surface area contributed by atoms with Crippen LogP contribution in [0.2, 0.25) is 0 Å². The Morgan fingerprint density at radius 2 is 2.00 bits per heavy atom. The van der Waals surface area contributed by atoms with Crippen molar-refractivity contribution in [2.75, 3.05) is 0 Å². The Bertz CT molecular complexity index is 544. The normalized spacial score (nSPS) is 10.4. The fourth-order valence-corrected chi connectivity index (χ4v) is 2.16. The Morgan fingerprint density at radius 3 is 2.62 bits per heavy atom. The van der Waals surface area contributed by atoms with Crippen LogP contribution in [0.5, 0.6) is 0 Å². The highest BCUT2D eigenvalue weighted by Gasteiger charge is 2.17. The van der Waals surface area contributed by atoms with Crippen LogP contribution in [0.3, 0.4) is 0 Å².